The Hall–Kier alpha value is -2.13. The van der Waals surface area contributed by atoms with Crippen molar-refractivity contribution in [1.82, 2.24) is 19.8 Å². The van der Waals surface area contributed by atoms with E-state index in [1.807, 2.05) is 6.20 Å². The molecule has 1 fully saturated rings. The molecule has 1 unspecified atom stereocenters. The maximum Gasteiger partial charge on any atom is 0.251 e. The number of hydrogen-bond acceptors (Lipinski definition) is 6. The fourth-order valence-electron chi connectivity index (χ4n) is 5.39. The van der Waals surface area contributed by atoms with Crippen molar-refractivity contribution >= 4 is 35.1 Å². The summed E-state index contributed by atoms with van der Waals surface area (Å²) in [6.07, 6.45) is 4.02. The van der Waals surface area contributed by atoms with Crippen LogP contribution >= 0.6 is 24.2 Å². The molecule has 1 N–H and O–H groups in total. The molecule has 3 aromatic rings. The van der Waals surface area contributed by atoms with E-state index in [2.05, 4.69) is 21.3 Å². The third-order valence-electron chi connectivity index (χ3n) is 7.06. The number of ether oxygens (including phenoxy) is 1. The minimum absolute atomic E-state index is 0. The lowest BCUT2D eigenvalue weighted by Crippen LogP contribution is -2.43. The molecule has 6 rings (SSSR count). The molecule has 2 aromatic heterocycles. The first-order chi connectivity index (χ1) is 16.2. The zero-order valence-corrected chi connectivity index (χ0v) is 20.5. The third kappa shape index (κ3) is 4.44. The molecule has 180 valence electrons. The van der Waals surface area contributed by atoms with Crippen LogP contribution in [-0.4, -0.2) is 52.5 Å². The van der Waals surface area contributed by atoms with Gasteiger partial charge in [0.15, 0.2) is 0 Å². The van der Waals surface area contributed by atoms with Crippen LogP contribution in [0, 0.1) is 5.82 Å². The van der Waals surface area contributed by atoms with Gasteiger partial charge in [0.05, 0.1) is 17.0 Å². The number of nitrogens with zero attached hydrogens (tertiary/aromatic N) is 3. The third-order valence-corrected chi connectivity index (χ3v) is 8.04. The molecule has 34 heavy (non-hydrogen) atoms. The van der Waals surface area contributed by atoms with E-state index in [0.29, 0.717) is 18.2 Å². The lowest BCUT2D eigenvalue weighted by Gasteiger charge is -2.34. The summed E-state index contributed by atoms with van der Waals surface area (Å²) in [5, 5.41) is 4.63. The van der Waals surface area contributed by atoms with Crippen LogP contribution < -0.4 is 15.6 Å². The van der Waals surface area contributed by atoms with Crippen molar-refractivity contribution in [3.63, 3.8) is 0 Å². The summed E-state index contributed by atoms with van der Waals surface area (Å²) >= 11 is 1.81. The van der Waals surface area contributed by atoms with Gasteiger partial charge in [-0.3, -0.25) is 4.79 Å². The second-order valence-electron chi connectivity index (χ2n) is 9.18. The van der Waals surface area contributed by atoms with Crippen molar-refractivity contribution in [2.75, 3.05) is 32.0 Å². The summed E-state index contributed by atoms with van der Waals surface area (Å²) in [6.45, 7) is 4.84. The normalized spacial score (nSPS) is 20.1. The van der Waals surface area contributed by atoms with E-state index < -0.39 is 0 Å². The first-order valence-corrected chi connectivity index (χ1v) is 12.7. The molecule has 5 heterocycles. The molecule has 0 radical (unpaired) electrons. The van der Waals surface area contributed by atoms with Crippen LogP contribution in [0.1, 0.15) is 29.9 Å². The number of nitrogens with one attached hydrogen (secondary N) is 1. The van der Waals surface area contributed by atoms with Crippen LogP contribution in [0.25, 0.3) is 10.9 Å². The van der Waals surface area contributed by atoms with Crippen LogP contribution in [0.5, 0.6) is 5.88 Å². The summed E-state index contributed by atoms with van der Waals surface area (Å²) in [6, 6.07) is 9.36. The average Bonchev–Trinajstić information content (AvgIpc) is 3.23. The Bertz CT molecular complexity index is 1260. The highest BCUT2D eigenvalue weighted by Gasteiger charge is 2.31. The van der Waals surface area contributed by atoms with Gasteiger partial charge in [-0.1, -0.05) is 0 Å². The SMILES string of the molecule is Cl.O=c1ccc2ccc(F)c3c2n1CC3CN1CCC(NCc2cnc3c(c2)SCCO3)CC1. The van der Waals surface area contributed by atoms with Crippen LogP contribution in [0.2, 0.25) is 0 Å². The number of fused-ring (bicyclic) bond motifs is 1. The Balaban J connectivity index is 0.00000241. The van der Waals surface area contributed by atoms with Gasteiger partial charge in [0.2, 0.25) is 5.88 Å². The van der Waals surface area contributed by atoms with E-state index in [0.717, 1.165) is 73.1 Å². The molecule has 1 aromatic carbocycles. The van der Waals surface area contributed by atoms with Gasteiger partial charge in [0.1, 0.15) is 5.82 Å². The fraction of sp³-hybridized carbons (Fsp3) is 0.440. The molecule has 6 nitrogen and oxygen atoms in total. The van der Waals surface area contributed by atoms with Gasteiger partial charge >= 0.3 is 0 Å². The standard InChI is InChI=1S/C25H27FN4O2S.ClH/c26-20-3-1-17-2-4-22(31)30-15-18(23(20)24(17)30)14-29-7-5-19(6-8-29)27-12-16-11-21-25(28-13-16)32-9-10-33-21;/h1-4,11,13,18-19,27H,5-10,12,14-15H2;1H. The number of hydrogen-bond donors (Lipinski definition) is 1. The summed E-state index contributed by atoms with van der Waals surface area (Å²) in [7, 11) is 0. The second-order valence-corrected chi connectivity index (χ2v) is 10.3. The van der Waals surface area contributed by atoms with E-state index in [9.17, 15) is 9.18 Å². The fourth-order valence-corrected chi connectivity index (χ4v) is 6.25. The highest BCUT2D eigenvalue weighted by Crippen LogP contribution is 2.35. The zero-order chi connectivity index (χ0) is 22.4. The molecule has 0 amide bonds. The Kier molecular flexibility index (Phi) is 6.84. The molecule has 0 bridgehead atoms. The Morgan fingerprint density at radius 2 is 2.03 bits per heavy atom. The topological polar surface area (TPSA) is 59.4 Å². The number of pyridine rings is 2. The average molecular weight is 503 g/mol. The Morgan fingerprint density at radius 3 is 2.88 bits per heavy atom. The molecular formula is C25H28ClFN4O2S. The van der Waals surface area contributed by atoms with Crippen LogP contribution in [0.4, 0.5) is 4.39 Å². The number of halogens is 2. The van der Waals surface area contributed by atoms with Crippen LogP contribution in [-0.2, 0) is 13.1 Å². The van der Waals surface area contributed by atoms with Gasteiger partial charge in [-0.25, -0.2) is 9.37 Å². The van der Waals surface area contributed by atoms with Crippen molar-refractivity contribution < 1.29 is 9.13 Å². The van der Waals surface area contributed by atoms with Gasteiger partial charge in [-0.2, -0.15) is 0 Å². The summed E-state index contributed by atoms with van der Waals surface area (Å²) in [5.41, 5.74) is 2.65. The van der Waals surface area contributed by atoms with E-state index in [1.54, 1.807) is 40.6 Å². The van der Waals surface area contributed by atoms with Gasteiger partial charge in [-0.15, -0.1) is 24.2 Å². The summed E-state index contributed by atoms with van der Waals surface area (Å²) in [5.74, 6) is 1.56. The zero-order valence-electron chi connectivity index (χ0n) is 18.8. The lowest BCUT2D eigenvalue weighted by atomic mass is 9.97. The predicted octanol–water partition coefficient (Wildman–Crippen LogP) is 3.79. The molecule has 1 atom stereocenters. The number of aromatic nitrogens is 2. The monoisotopic (exact) mass is 502 g/mol. The highest BCUT2D eigenvalue weighted by atomic mass is 35.5. The van der Waals surface area contributed by atoms with Gasteiger partial charge in [0, 0.05) is 55.2 Å². The van der Waals surface area contributed by atoms with Gasteiger partial charge in [-0.05, 0) is 61.1 Å². The van der Waals surface area contributed by atoms with Gasteiger partial charge in [0.25, 0.3) is 5.56 Å². The first kappa shape index (κ1) is 23.6. The smallest absolute Gasteiger partial charge is 0.251 e. The molecule has 9 heteroatoms. The van der Waals surface area contributed by atoms with E-state index in [-0.39, 0.29) is 29.7 Å². The van der Waals surface area contributed by atoms with Crippen LogP contribution in [0.15, 0.2) is 46.2 Å². The number of benzene rings is 1. The molecule has 0 aliphatic carbocycles. The van der Waals surface area contributed by atoms with Crippen LogP contribution in [0.3, 0.4) is 0 Å². The van der Waals surface area contributed by atoms with Crippen molar-refractivity contribution in [3.8, 4) is 5.88 Å². The van der Waals surface area contributed by atoms with E-state index >= 15 is 0 Å². The largest absolute Gasteiger partial charge is 0.476 e. The second kappa shape index (κ2) is 9.85. The maximum absolute atomic E-state index is 14.8. The molecule has 1 saturated heterocycles. The Labute approximate surface area is 208 Å². The van der Waals surface area contributed by atoms with Crippen molar-refractivity contribution in [1.29, 1.82) is 0 Å². The Morgan fingerprint density at radius 1 is 1.21 bits per heavy atom. The van der Waals surface area contributed by atoms with Crippen molar-refractivity contribution in [2.24, 2.45) is 0 Å². The molecule has 0 saturated carbocycles. The lowest BCUT2D eigenvalue weighted by molar-refractivity contribution is 0.184. The van der Waals surface area contributed by atoms with Crippen molar-refractivity contribution in [3.05, 3.63) is 63.8 Å². The molecular weight excluding hydrogens is 475 g/mol. The quantitative estimate of drug-likeness (QED) is 0.573. The summed E-state index contributed by atoms with van der Waals surface area (Å²) in [4.78, 5) is 20.4. The predicted molar refractivity (Wildman–Crippen MR) is 135 cm³/mol. The summed E-state index contributed by atoms with van der Waals surface area (Å²) < 4.78 is 22.1. The molecule has 3 aliphatic heterocycles. The van der Waals surface area contributed by atoms with E-state index in [1.165, 1.54) is 5.56 Å². The maximum atomic E-state index is 14.8. The minimum Gasteiger partial charge on any atom is -0.476 e. The number of likely N-dealkylation sites (tertiary alicyclic amines) is 1. The first-order valence-electron chi connectivity index (χ1n) is 11.7. The molecule has 3 aliphatic rings. The number of piperidine rings is 1. The number of thioether (sulfide) groups is 1. The number of rotatable bonds is 5. The van der Waals surface area contributed by atoms with Gasteiger partial charge < -0.3 is 19.5 Å². The van der Waals surface area contributed by atoms with E-state index in [4.69, 9.17) is 4.74 Å². The highest BCUT2D eigenvalue weighted by molar-refractivity contribution is 7.99. The van der Waals surface area contributed by atoms with Crippen molar-refractivity contribution in [2.45, 2.75) is 42.8 Å². The molecule has 0 spiro atoms. The minimum atomic E-state index is -0.192.